The molecule has 0 unspecified atom stereocenters. The van der Waals surface area contributed by atoms with Crippen molar-refractivity contribution in [1.29, 1.82) is 0 Å². The van der Waals surface area contributed by atoms with E-state index in [9.17, 15) is 5.11 Å². The van der Waals surface area contributed by atoms with Crippen molar-refractivity contribution in [3.63, 3.8) is 0 Å². The fraction of sp³-hybridized carbons (Fsp3) is 0.333. The van der Waals surface area contributed by atoms with Crippen molar-refractivity contribution in [3.05, 3.63) is 60.2 Å². The largest absolute Gasteiger partial charge is 0.497 e. The number of benzene rings is 2. The molecule has 0 bridgehead atoms. The van der Waals surface area contributed by atoms with Crippen LogP contribution in [-0.4, -0.2) is 31.9 Å². The molecular formula is C18H23NO2. The maximum Gasteiger partial charge on any atom is 0.119 e. The lowest BCUT2D eigenvalue weighted by Crippen LogP contribution is -2.34. The smallest absolute Gasteiger partial charge is 0.119 e. The first kappa shape index (κ1) is 15.4. The van der Waals surface area contributed by atoms with Gasteiger partial charge < -0.3 is 14.7 Å². The van der Waals surface area contributed by atoms with Crippen LogP contribution in [0.3, 0.4) is 0 Å². The molecule has 2 aromatic carbocycles. The maximum atomic E-state index is 9.35. The summed E-state index contributed by atoms with van der Waals surface area (Å²) in [4.78, 5) is 2.22. The van der Waals surface area contributed by atoms with Crippen molar-refractivity contribution >= 4 is 5.69 Å². The maximum absolute atomic E-state index is 9.35. The summed E-state index contributed by atoms with van der Waals surface area (Å²) >= 11 is 0. The van der Waals surface area contributed by atoms with E-state index in [1.165, 1.54) is 5.56 Å². The summed E-state index contributed by atoms with van der Waals surface area (Å²) in [7, 11) is 3.74. The first-order chi connectivity index (χ1) is 10.2. The van der Waals surface area contributed by atoms with Crippen molar-refractivity contribution in [2.45, 2.75) is 18.9 Å². The molecule has 0 spiro atoms. The molecule has 0 aliphatic rings. The van der Waals surface area contributed by atoms with E-state index in [2.05, 4.69) is 36.2 Å². The molecule has 0 fully saturated rings. The third kappa shape index (κ3) is 4.23. The lowest BCUT2D eigenvalue weighted by atomic mass is 10.0. The van der Waals surface area contributed by atoms with E-state index in [1.54, 1.807) is 7.11 Å². The molecule has 0 aromatic heterocycles. The van der Waals surface area contributed by atoms with Gasteiger partial charge in [-0.15, -0.1) is 0 Å². The van der Waals surface area contributed by atoms with Crippen LogP contribution in [0.15, 0.2) is 54.6 Å². The van der Waals surface area contributed by atoms with Crippen LogP contribution in [0.25, 0.3) is 0 Å². The van der Waals surface area contributed by atoms with E-state index < -0.39 is 0 Å². The topological polar surface area (TPSA) is 32.7 Å². The Morgan fingerprint density at radius 1 is 1.05 bits per heavy atom. The van der Waals surface area contributed by atoms with Gasteiger partial charge in [-0.05, 0) is 42.7 Å². The number of ether oxygens (including phenoxy) is 1. The van der Waals surface area contributed by atoms with Gasteiger partial charge in [0.25, 0.3) is 0 Å². The van der Waals surface area contributed by atoms with Crippen LogP contribution in [0.1, 0.15) is 12.0 Å². The zero-order chi connectivity index (χ0) is 15.1. The number of anilines is 1. The summed E-state index contributed by atoms with van der Waals surface area (Å²) in [6, 6.07) is 18.7. The normalized spacial score (nSPS) is 12.0. The van der Waals surface area contributed by atoms with Crippen LogP contribution in [-0.2, 0) is 6.42 Å². The van der Waals surface area contributed by atoms with Gasteiger partial charge in [0.15, 0.2) is 0 Å². The highest BCUT2D eigenvalue weighted by Crippen LogP contribution is 2.22. The Balaban J connectivity index is 2.12. The second kappa shape index (κ2) is 7.70. The number of aliphatic hydroxyl groups is 1. The first-order valence-corrected chi connectivity index (χ1v) is 7.26. The summed E-state index contributed by atoms with van der Waals surface area (Å²) in [5, 5.41) is 9.35. The Bertz CT molecular complexity index is 525. The van der Waals surface area contributed by atoms with Crippen LogP contribution in [0.5, 0.6) is 5.75 Å². The summed E-state index contributed by atoms with van der Waals surface area (Å²) in [6.07, 6.45) is 1.67. The van der Waals surface area contributed by atoms with Gasteiger partial charge in [0.1, 0.15) is 5.75 Å². The summed E-state index contributed by atoms with van der Waals surface area (Å²) in [5.41, 5.74) is 2.42. The molecule has 0 aliphatic heterocycles. The average Bonchev–Trinajstić information content (AvgIpc) is 2.55. The fourth-order valence-corrected chi connectivity index (χ4v) is 2.50. The van der Waals surface area contributed by atoms with Gasteiger partial charge in [0.2, 0.25) is 0 Å². The Labute approximate surface area is 126 Å². The Hall–Kier alpha value is -2.00. The molecule has 0 radical (unpaired) electrons. The SMILES string of the molecule is COc1ccc(N(C)[C@H](CCO)Cc2ccccc2)cc1. The second-order valence-electron chi connectivity index (χ2n) is 5.16. The van der Waals surface area contributed by atoms with E-state index >= 15 is 0 Å². The van der Waals surface area contributed by atoms with Crippen molar-refractivity contribution in [2.75, 3.05) is 25.7 Å². The highest BCUT2D eigenvalue weighted by Gasteiger charge is 2.15. The van der Waals surface area contributed by atoms with Crippen molar-refractivity contribution < 1.29 is 9.84 Å². The molecule has 0 amide bonds. The number of aliphatic hydroxyl groups excluding tert-OH is 1. The molecule has 3 heteroatoms. The number of likely N-dealkylation sites (N-methyl/N-ethyl adjacent to an activating group) is 1. The highest BCUT2D eigenvalue weighted by atomic mass is 16.5. The van der Waals surface area contributed by atoms with Gasteiger partial charge in [0.05, 0.1) is 7.11 Å². The van der Waals surface area contributed by atoms with Gasteiger partial charge in [-0.3, -0.25) is 0 Å². The Kier molecular flexibility index (Phi) is 5.64. The standard InChI is InChI=1S/C18H23NO2/c1-19(16-8-10-18(21-2)11-9-16)17(12-13-20)14-15-6-4-3-5-7-15/h3-11,17,20H,12-14H2,1-2H3/t17-/m1/s1. The molecule has 1 atom stereocenters. The van der Waals surface area contributed by atoms with E-state index in [0.29, 0.717) is 0 Å². The van der Waals surface area contributed by atoms with Gasteiger partial charge in [-0.25, -0.2) is 0 Å². The summed E-state index contributed by atoms with van der Waals surface area (Å²) in [5.74, 6) is 0.855. The van der Waals surface area contributed by atoms with E-state index in [1.807, 2.05) is 30.3 Å². The molecule has 2 aromatic rings. The quantitative estimate of drug-likeness (QED) is 0.848. The number of nitrogens with zero attached hydrogens (tertiary/aromatic N) is 1. The zero-order valence-corrected chi connectivity index (χ0v) is 12.7. The summed E-state index contributed by atoms with van der Waals surface area (Å²) < 4.78 is 5.19. The van der Waals surface area contributed by atoms with Crippen LogP contribution in [0.4, 0.5) is 5.69 Å². The van der Waals surface area contributed by atoms with Gasteiger partial charge in [0, 0.05) is 25.4 Å². The molecule has 3 nitrogen and oxygen atoms in total. The molecule has 21 heavy (non-hydrogen) atoms. The third-order valence-electron chi connectivity index (χ3n) is 3.80. The molecule has 112 valence electrons. The monoisotopic (exact) mass is 285 g/mol. The zero-order valence-electron chi connectivity index (χ0n) is 12.7. The number of rotatable bonds is 7. The van der Waals surface area contributed by atoms with Crippen LogP contribution >= 0.6 is 0 Å². The average molecular weight is 285 g/mol. The molecule has 2 rings (SSSR count). The molecule has 0 saturated heterocycles. The van der Waals surface area contributed by atoms with Crippen LogP contribution in [0.2, 0.25) is 0 Å². The number of methoxy groups -OCH3 is 1. The molecule has 0 heterocycles. The van der Waals surface area contributed by atoms with E-state index in [0.717, 1.165) is 24.3 Å². The molecule has 0 aliphatic carbocycles. The van der Waals surface area contributed by atoms with Gasteiger partial charge >= 0.3 is 0 Å². The van der Waals surface area contributed by atoms with Crippen molar-refractivity contribution in [3.8, 4) is 5.75 Å². The van der Waals surface area contributed by atoms with Gasteiger partial charge in [-0.1, -0.05) is 30.3 Å². The van der Waals surface area contributed by atoms with Crippen molar-refractivity contribution in [1.82, 2.24) is 0 Å². The Morgan fingerprint density at radius 3 is 2.29 bits per heavy atom. The predicted molar refractivity (Wildman–Crippen MR) is 87.0 cm³/mol. The third-order valence-corrected chi connectivity index (χ3v) is 3.80. The minimum atomic E-state index is 0.192. The van der Waals surface area contributed by atoms with Crippen LogP contribution < -0.4 is 9.64 Å². The molecule has 0 saturated carbocycles. The van der Waals surface area contributed by atoms with E-state index in [-0.39, 0.29) is 12.6 Å². The predicted octanol–water partition coefficient (Wildman–Crippen LogP) is 3.13. The number of hydrogen-bond donors (Lipinski definition) is 1. The highest BCUT2D eigenvalue weighted by molar-refractivity contribution is 5.49. The van der Waals surface area contributed by atoms with Crippen molar-refractivity contribution in [2.24, 2.45) is 0 Å². The molecular weight excluding hydrogens is 262 g/mol. The first-order valence-electron chi connectivity index (χ1n) is 7.26. The van der Waals surface area contributed by atoms with Gasteiger partial charge in [-0.2, -0.15) is 0 Å². The lowest BCUT2D eigenvalue weighted by molar-refractivity contribution is 0.273. The Morgan fingerprint density at radius 2 is 1.71 bits per heavy atom. The van der Waals surface area contributed by atoms with E-state index in [4.69, 9.17) is 4.74 Å². The second-order valence-corrected chi connectivity index (χ2v) is 5.16. The van der Waals surface area contributed by atoms with Crippen LogP contribution in [0, 0.1) is 0 Å². The molecule has 1 N–H and O–H groups in total. The minimum absolute atomic E-state index is 0.192. The number of hydrogen-bond acceptors (Lipinski definition) is 3. The lowest BCUT2D eigenvalue weighted by Gasteiger charge is -2.30. The minimum Gasteiger partial charge on any atom is -0.497 e. The summed E-state index contributed by atoms with van der Waals surface area (Å²) in [6.45, 7) is 0.192. The fourth-order valence-electron chi connectivity index (χ4n) is 2.50.